The predicted octanol–water partition coefficient (Wildman–Crippen LogP) is 2.46. The standard InChI is InChI=1S/C19H19N3O4/c1-25-16-4-5-17-14(9-16)11-21(18(23)13-3-2-7-20-10-13)8-6-15-12-26-19(24)22(15)17/h2-5,7,9-10,15H,6,8,11-12H2,1H3. The number of carbonyl (C=O) groups excluding carboxylic acids is 2. The molecule has 1 unspecified atom stereocenters. The normalized spacial score (nSPS) is 19.1. The maximum absolute atomic E-state index is 12.9. The number of methoxy groups -OCH3 is 1. The lowest BCUT2D eigenvalue weighted by Crippen LogP contribution is -2.42. The van der Waals surface area contributed by atoms with Gasteiger partial charge in [-0.2, -0.15) is 0 Å². The highest BCUT2D eigenvalue weighted by atomic mass is 16.6. The third-order valence-electron chi connectivity index (χ3n) is 4.80. The Hall–Kier alpha value is -3.09. The minimum absolute atomic E-state index is 0.0782. The van der Waals surface area contributed by atoms with Gasteiger partial charge in [-0.15, -0.1) is 0 Å². The zero-order valence-electron chi connectivity index (χ0n) is 14.4. The van der Waals surface area contributed by atoms with Crippen molar-refractivity contribution in [1.29, 1.82) is 0 Å². The van der Waals surface area contributed by atoms with E-state index < -0.39 is 0 Å². The van der Waals surface area contributed by atoms with Crippen LogP contribution in [0.5, 0.6) is 5.75 Å². The fourth-order valence-electron chi connectivity index (χ4n) is 3.45. The highest BCUT2D eigenvalue weighted by Crippen LogP contribution is 2.34. The molecule has 0 aliphatic carbocycles. The molecule has 0 N–H and O–H groups in total. The maximum atomic E-state index is 12.9. The summed E-state index contributed by atoms with van der Waals surface area (Å²) in [5, 5.41) is 0. The number of nitrogens with zero attached hydrogens (tertiary/aromatic N) is 3. The van der Waals surface area contributed by atoms with Gasteiger partial charge in [0.15, 0.2) is 0 Å². The Labute approximate surface area is 151 Å². The third kappa shape index (κ3) is 2.85. The van der Waals surface area contributed by atoms with E-state index in [2.05, 4.69) is 4.98 Å². The molecule has 3 heterocycles. The molecule has 0 spiro atoms. The number of rotatable bonds is 2. The largest absolute Gasteiger partial charge is 0.497 e. The van der Waals surface area contributed by atoms with Crippen molar-refractivity contribution < 1.29 is 19.1 Å². The van der Waals surface area contributed by atoms with Crippen molar-refractivity contribution in [2.45, 2.75) is 19.0 Å². The number of fused-ring (bicyclic) bond motifs is 3. The maximum Gasteiger partial charge on any atom is 0.414 e. The molecule has 2 aromatic rings. The Bertz CT molecular complexity index is 840. The van der Waals surface area contributed by atoms with Gasteiger partial charge in [0.25, 0.3) is 5.91 Å². The Kier molecular flexibility index (Phi) is 4.20. The van der Waals surface area contributed by atoms with Gasteiger partial charge < -0.3 is 14.4 Å². The Morgan fingerprint density at radius 3 is 3.00 bits per heavy atom. The van der Waals surface area contributed by atoms with Gasteiger partial charge in [0, 0.05) is 25.5 Å². The van der Waals surface area contributed by atoms with Crippen LogP contribution in [0, 0.1) is 0 Å². The van der Waals surface area contributed by atoms with Crippen molar-refractivity contribution in [3.05, 3.63) is 53.9 Å². The minimum Gasteiger partial charge on any atom is -0.497 e. The zero-order valence-corrected chi connectivity index (χ0v) is 14.4. The van der Waals surface area contributed by atoms with Crippen LogP contribution < -0.4 is 9.64 Å². The molecule has 0 radical (unpaired) electrons. The van der Waals surface area contributed by atoms with Crippen molar-refractivity contribution in [3.63, 3.8) is 0 Å². The molecule has 1 fully saturated rings. The van der Waals surface area contributed by atoms with Crippen LogP contribution >= 0.6 is 0 Å². The molecular weight excluding hydrogens is 334 g/mol. The first-order chi connectivity index (χ1) is 12.7. The van der Waals surface area contributed by atoms with E-state index in [9.17, 15) is 9.59 Å². The first-order valence-electron chi connectivity index (χ1n) is 8.49. The Morgan fingerprint density at radius 1 is 1.35 bits per heavy atom. The number of aromatic nitrogens is 1. The molecule has 1 saturated heterocycles. The number of anilines is 1. The lowest BCUT2D eigenvalue weighted by molar-refractivity contribution is 0.0734. The highest BCUT2D eigenvalue weighted by molar-refractivity contribution is 5.95. The summed E-state index contributed by atoms with van der Waals surface area (Å²) in [7, 11) is 1.59. The van der Waals surface area contributed by atoms with E-state index in [1.165, 1.54) is 0 Å². The van der Waals surface area contributed by atoms with Crippen molar-refractivity contribution in [2.24, 2.45) is 0 Å². The summed E-state index contributed by atoms with van der Waals surface area (Å²) >= 11 is 0. The van der Waals surface area contributed by atoms with E-state index in [1.807, 2.05) is 18.2 Å². The van der Waals surface area contributed by atoms with Crippen LogP contribution in [0.2, 0.25) is 0 Å². The van der Waals surface area contributed by atoms with Crippen LogP contribution in [0.25, 0.3) is 0 Å². The van der Waals surface area contributed by atoms with Gasteiger partial charge >= 0.3 is 6.09 Å². The molecule has 0 saturated carbocycles. The number of ether oxygens (including phenoxy) is 2. The summed E-state index contributed by atoms with van der Waals surface area (Å²) in [4.78, 5) is 32.7. The molecular formula is C19H19N3O4. The van der Waals surface area contributed by atoms with E-state index in [0.29, 0.717) is 37.4 Å². The molecule has 134 valence electrons. The van der Waals surface area contributed by atoms with E-state index in [1.54, 1.807) is 41.4 Å². The van der Waals surface area contributed by atoms with E-state index in [-0.39, 0.29) is 18.0 Å². The Morgan fingerprint density at radius 2 is 2.23 bits per heavy atom. The summed E-state index contributed by atoms with van der Waals surface area (Å²) in [6.07, 6.45) is 3.53. The van der Waals surface area contributed by atoms with Crippen LogP contribution in [0.15, 0.2) is 42.7 Å². The molecule has 4 rings (SSSR count). The summed E-state index contributed by atoms with van der Waals surface area (Å²) in [5.41, 5.74) is 2.17. The quantitative estimate of drug-likeness (QED) is 0.829. The van der Waals surface area contributed by atoms with Crippen molar-refractivity contribution in [2.75, 3.05) is 25.2 Å². The zero-order chi connectivity index (χ0) is 18.1. The van der Waals surface area contributed by atoms with Crippen molar-refractivity contribution in [1.82, 2.24) is 9.88 Å². The molecule has 0 bridgehead atoms. The molecule has 7 heteroatoms. The third-order valence-corrected chi connectivity index (χ3v) is 4.80. The number of hydrogen-bond donors (Lipinski definition) is 0. The summed E-state index contributed by atoms with van der Waals surface area (Å²) in [6.45, 7) is 1.25. The van der Waals surface area contributed by atoms with Gasteiger partial charge in [-0.05, 0) is 42.3 Å². The van der Waals surface area contributed by atoms with E-state index >= 15 is 0 Å². The van der Waals surface area contributed by atoms with E-state index in [0.717, 1.165) is 11.3 Å². The lowest BCUT2D eigenvalue weighted by atomic mass is 10.0. The molecule has 1 aromatic carbocycles. The average Bonchev–Trinajstić information content (AvgIpc) is 3.03. The second-order valence-corrected chi connectivity index (χ2v) is 6.35. The topological polar surface area (TPSA) is 72.0 Å². The lowest BCUT2D eigenvalue weighted by Gasteiger charge is -2.32. The predicted molar refractivity (Wildman–Crippen MR) is 94.2 cm³/mol. The monoisotopic (exact) mass is 353 g/mol. The van der Waals surface area contributed by atoms with E-state index in [4.69, 9.17) is 9.47 Å². The second kappa shape index (κ2) is 6.67. The molecule has 2 amide bonds. The number of cyclic esters (lactones) is 1. The molecule has 2 aliphatic rings. The SMILES string of the molecule is COc1ccc2c(c1)CN(C(=O)c1cccnc1)CCC1COC(=O)N21. The molecule has 2 aliphatic heterocycles. The smallest absolute Gasteiger partial charge is 0.414 e. The highest BCUT2D eigenvalue weighted by Gasteiger charge is 2.37. The fraction of sp³-hybridized carbons (Fsp3) is 0.316. The first-order valence-corrected chi connectivity index (χ1v) is 8.49. The summed E-state index contributed by atoms with van der Waals surface area (Å²) in [6, 6.07) is 8.96. The summed E-state index contributed by atoms with van der Waals surface area (Å²) < 4.78 is 10.6. The van der Waals surface area contributed by atoms with Crippen LogP contribution in [0.4, 0.5) is 10.5 Å². The second-order valence-electron chi connectivity index (χ2n) is 6.35. The van der Waals surface area contributed by atoms with Crippen LogP contribution in [-0.4, -0.2) is 48.2 Å². The molecule has 1 atom stereocenters. The van der Waals surface area contributed by atoms with Gasteiger partial charge in [0.1, 0.15) is 12.4 Å². The Balaban J connectivity index is 1.73. The number of hydrogen-bond acceptors (Lipinski definition) is 5. The van der Waals surface area contributed by atoms with Crippen LogP contribution in [0.1, 0.15) is 22.3 Å². The van der Waals surface area contributed by atoms with Crippen LogP contribution in [-0.2, 0) is 11.3 Å². The number of amides is 2. The number of benzene rings is 1. The van der Waals surface area contributed by atoms with Crippen molar-refractivity contribution in [3.8, 4) is 5.75 Å². The molecule has 7 nitrogen and oxygen atoms in total. The summed E-state index contributed by atoms with van der Waals surface area (Å²) in [5.74, 6) is 0.604. The van der Waals surface area contributed by atoms with Crippen LogP contribution in [0.3, 0.4) is 0 Å². The minimum atomic E-state index is -0.339. The fourth-order valence-corrected chi connectivity index (χ4v) is 3.45. The average molecular weight is 353 g/mol. The number of carbonyl (C=O) groups is 2. The van der Waals surface area contributed by atoms with Crippen molar-refractivity contribution >= 4 is 17.7 Å². The van der Waals surface area contributed by atoms with Gasteiger partial charge in [0.05, 0.1) is 24.4 Å². The first kappa shape index (κ1) is 16.4. The molecule has 1 aromatic heterocycles. The van der Waals surface area contributed by atoms with Gasteiger partial charge in [0.2, 0.25) is 0 Å². The molecule has 26 heavy (non-hydrogen) atoms. The number of pyridine rings is 1. The van der Waals surface area contributed by atoms with Gasteiger partial charge in [-0.25, -0.2) is 4.79 Å². The van der Waals surface area contributed by atoms with Gasteiger partial charge in [-0.3, -0.25) is 14.7 Å². The van der Waals surface area contributed by atoms with Gasteiger partial charge in [-0.1, -0.05) is 0 Å².